The van der Waals surface area contributed by atoms with Gasteiger partial charge in [-0.05, 0) is 52.4 Å². The van der Waals surface area contributed by atoms with Crippen LogP contribution in [-0.2, 0) is 22.7 Å². The third-order valence-corrected chi connectivity index (χ3v) is 13.4. The predicted octanol–water partition coefficient (Wildman–Crippen LogP) is 3.93. The number of carbonyl (C=O) groups excluding carboxylic acids is 3. The van der Waals surface area contributed by atoms with Gasteiger partial charge in [-0.25, -0.2) is 14.8 Å². The smallest absolute Gasteiger partial charge is 0.318 e. The second-order valence-electron chi connectivity index (χ2n) is 19.1. The Hall–Kier alpha value is -7.29. The molecule has 3 saturated heterocycles. The van der Waals surface area contributed by atoms with Crippen LogP contribution in [0.3, 0.4) is 0 Å². The maximum absolute atomic E-state index is 14.1. The van der Waals surface area contributed by atoms with Crippen molar-refractivity contribution < 1.29 is 24.6 Å². The minimum atomic E-state index is -0.919. The number of benzene rings is 3. The van der Waals surface area contributed by atoms with Crippen LogP contribution in [0.4, 0.5) is 22.2 Å². The molecule has 4 amide bonds. The lowest BCUT2D eigenvalue weighted by atomic mass is 9.85. The van der Waals surface area contributed by atoms with E-state index >= 15 is 0 Å². The van der Waals surface area contributed by atoms with Gasteiger partial charge in [-0.15, -0.1) is 16.6 Å². The molecule has 6 heterocycles. The first kappa shape index (κ1) is 45.8. The first-order valence-electron chi connectivity index (χ1n) is 23.2. The van der Waals surface area contributed by atoms with Crippen LogP contribution in [0.15, 0.2) is 91.3 Å². The third kappa shape index (κ3) is 10.0. The molecule has 3 aromatic carbocycles. The van der Waals surface area contributed by atoms with Crippen molar-refractivity contribution >= 4 is 35.3 Å². The molecular weight excluding hydrogens is 861 g/mol. The number of urea groups is 1. The van der Waals surface area contributed by atoms with Crippen molar-refractivity contribution in [2.75, 3.05) is 74.0 Å². The van der Waals surface area contributed by atoms with Gasteiger partial charge in [-0.3, -0.25) is 14.5 Å². The molecule has 5 N–H and O–H groups in total. The van der Waals surface area contributed by atoms with Gasteiger partial charge in [0, 0.05) is 107 Å². The summed E-state index contributed by atoms with van der Waals surface area (Å²) >= 11 is 0. The Bertz CT molecular complexity index is 2660. The summed E-state index contributed by atoms with van der Waals surface area (Å²) < 4.78 is 0. The molecule has 4 atom stereocenters. The van der Waals surface area contributed by atoms with Gasteiger partial charge < -0.3 is 45.8 Å². The lowest BCUT2D eigenvalue weighted by Gasteiger charge is -2.45. The summed E-state index contributed by atoms with van der Waals surface area (Å²) in [4.78, 5) is 60.8. The fraction of sp³-hybridized carbons (Fsp3) is 0.392. The van der Waals surface area contributed by atoms with Gasteiger partial charge in [0.1, 0.15) is 17.8 Å². The van der Waals surface area contributed by atoms with Crippen LogP contribution in [-0.4, -0.2) is 146 Å². The zero-order valence-electron chi connectivity index (χ0n) is 38.7. The highest BCUT2D eigenvalue weighted by Gasteiger charge is 2.45. The number of rotatable bonds is 10. The molecule has 352 valence electrons. The van der Waals surface area contributed by atoms with E-state index < -0.39 is 29.5 Å². The van der Waals surface area contributed by atoms with Gasteiger partial charge in [-0.2, -0.15) is 0 Å². The van der Waals surface area contributed by atoms with Crippen molar-refractivity contribution in [2.45, 2.75) is 64.5 Å². The molecule has 17 heteroatoms. The molecule has 4 aliphatic rings. The topological polar surface area (TPSA) is 196 Å². The van der Waals surface area contributed by atoms with Gasteiger partial charge in [-0.1, -0.05) is 75.2 Å². The summed E-state index contributed by atoms with van der Waals surface area (Å²) in [5.74, 6) is 3.41. The molecule has 68 heavy (non-hydrogen) atoms. The number of nitrogens with zero attached hydrogens (tertiary/aromatic N) is 9. The molecule has 0 unspecified atom stereocenters. The number of likely N-dealkylation sites (tertiary alicyclic amines) is 1. The van der Waals surface area contributed by atoms with E-state index in [-0.39, 0.29) is 43.2 Å². The van der Waals surface area contributed by atoms with Crippen molar-refractivity contribution in [2.24, 2.45) is 5.41 Å². The minimum Gasteiger partial charge on any atom is -0.507 e. The molecule has 0 bridgehead atoms. The van der Waals surface area contributed by atoms with Gasteiger partial charge in [0.15, 0.2) is 5.82 Å². The number of phenols is 1. The predicted molar refractivity (Wildman–Crippen MR) is 259 cm³/mol. The zero-order chi connectivity index (χ0) is 47.5. The molecular formula is C51H58N12O5. The second kappa shape index (κ2) is 19.5. The molecule has 0 radical (unpaired) electrons. The lowest BCUT2D eigenvalue weighted by molar-refractivity contribution is -0.142. The SMILES string of the molecule is C#Cc1ccc(CNC(=O)[C@@H]2C[C@@H](O)CN2C(=O)[C@@H](NC(=O)N2CCN(Cc3ccc(-c4cnc(N5CCN6c7cc(-c8ccccc8O)nnc7NC[C@H]6C5)nc4)cc3)CC2)C(C)(C)C)cc1. The zero-order valence-corrected chi connectivity index (χ0v) is 38.7. The number of anilines is 3. The number of amides is 4. The van der Waals surface area contributed by atoms with Gasteiger partial charge in [0.2, 0.25) is 17.8 Å². The Kier molecular flexibility index (Phi) is 13.2. The Labute approximate surface area is 396 Å². The number of nitrogens with one attached hydrogen (secondary N) is 3. The number of phenolic OH excluding ortho intramolecular Hbond substituents is 1. The molecule has 2 aromatic heterocycles. The lowest BCUT2D eigenvalue weighted by Crippen LogP contribution is -2.61. The van der Waals surface area contributed by atoms with Crippen molar-refractivity contribution in [3.63, 3.8) is 0 Å². The van der Waals surface area contributed by atoms with Crippen LogP contribution in [0.25, 0.3) is 22.4 Å². The average molecular weight is 919 g/mol. The second-order valence-corrected chi connectivity index (χ2v) is 19.1. The molecule has 9 rings (SSSR count). The minimum absolute atomic E-state index is 0.00612. The van der Waals surface area contributed by atoms with E-state index in [0.717, 1.165) is 65.5 Å². The van der Waals surface area contributed by atoms with E-state index in [1.807, 2.05) is 63.5 Å². The number of aromatic nitrogens is 4. The van der Waals surface area contributed by atoms with E-state index in [1.165, 1.54) is 4.90 Å². The highest BCUT2D eigenvalue weighted by atomic mass is 16.3. The number of hydrogen-bond acceptors (Lipinski definition) is 13. The summed E-state index contributed by atoms with van der Waals surface area (Å²) in [5, 5.41) is 39.1. The molecule has 0 saturated carbocycles. The van der Waals surface area contributed by atoms with Gasteiger partial charge >= 0.3 is 6.03 Å². The number of carbonyl (C=O) groups is 3. The Morgan fingerprint density at radius 2 is 1.60 bits per heavy atom. The summed E-state index contributed by atoms with van der Waals surface area (Å²) in [5.41, 5.74) is 6.27. The number of piperazine rings is 2. The summed E-state index contributed by atoms with van der Waals surface area (Å²) in [6.45, 7) is 11.9. The van der Waals surface area contributed by atoms with Gasteiger partial charge in [0.25, 0.3) is 0 Å². The van der Waals surface area contributed by atoms with E-state index in [0.29, 0.717) is 49.9 Å². The average Bonchev–Trinajstić information content (AvgIpc) is 3.76. The molecule has 5 aromatic rings. The van der Waals surface area contributed by atoms with Crippen LogP contribution >= 0.6 is 0 Å². The number of aliphatic hydroxyl groups is 1. The van der Waals surface area contributed by atoms with E-state index in [1.54, 1.807) is 29.2 Å². The van der Waals surface area contributed by atoms with Crippen LogP contribution in [0, 0.1) is 17.8 Å². The standard InChI is InChI=1S/C51H58N12O5/c1-5-33-10-12-34(13-11-33)26-53-47(66)43-24-39(64)32-63(43)48(67)45(51(2,3)4)56-50(68)60-20-18-59(19-21-60)30-35-14-16-36(17-15-35)37-27-54-49(55-28-37)61-22-23-62-38(31-61)29-52-46-42(62)25-41(57-58-46)40-8-6-7-9-44(40)65/h1,6-17,25,27-28,38-39,43,45,64-65H,18-24,26,29-32H2,2-4H3,(H,52,58)(H,53,66)(H,56,68)/t38-,39+,43-,45+/m0/s1. The number of β-amino-alcohol motifs (C(OH)–C–C–N with tert-alkyl or cyclic N) is 1. The first-order valence-corrected chi connectivity index (χ1v) is 23.2. The van der Waals surface area contributed by atoms with E-state index in [9.17, 15) is 24.6 Å². The fourth-order valence-electron chi connectivity index (χ4n) is 9.46. The summed E-state index contributed by atoms with van der Waals surface area (Å²) in [6, 6.07) is 22.9. The van der Waals surface area contributed by atoms with Gasteiger partial charge in [0.05, 0.1) is 23.5 Å². The van der Waals surface area contributed by atoms with Crippen molar-refractivity contribution in [3.05, 3.63) is 108 Å². The Balaban J connectivity index is 0.748. The molecule has 0 spiro atoms. The number of terminal acetylenes is 1. The van der Waals surface area contributed by atoms with E-state index in [2.05, 4.69) is 71.0 Å². The molecule has 3 fully saturated rings. The maximum atomic E-state index is 14.1. The third-order valence-electron chi connectivity index (χ3n) is 13.4. The molecule has 0 aliphatic carbocycles. The number of fused-ring (bicyclic) bond motifs is 3. The number of para-hydroxylation sites is 1. The largest absolute Gasteiger partial charge is 0.507 e. The van der Waals surface area contributed by atoms with Crippen LogP contribution < -0.4 is 25.8 Å². The van der Waals surface area contributed by atoms with Crippen molar-refractivity contribution in [1.29, 1.82) is 0 Å². The van der Waals surface area contributed by atoms with Crippen LogP contribution in [0.1, 0.15) is 43.9 Å². The van der Waals surface area contributed by atoms with Crippen molar-refractivity contribution in [1.82, 2.24) is 45.5 Å². The number of hydrogen-bond donors (Lipinski definition) is 5. The highest BCUT2D eigenvalue weighted by molar-refractivity contribution is 5.93. The number of aliphatic hydroxyl groups excluding tert-OH is 1. The Morgan fingerprint density at radius 1 is 0.882 bits per heavy atom. The van der Waals surface area contributed by atoms with Crippen LogP contribution in [0.2, 0.25) is 0 Å². The van der Waals surface area contributed by atoms with Crippen LogP contribution in [0.5, 0.6) is 5.75 Å². The monoisotopic (exact) mass is 918 g/mol. The molecule has 4 aliphatic heterocycles. The summed E-state index contributed by atoms with van der Waals surface area (Å²) in [6.07, 6.45) is 8.47. The first-order chi connectivity index (χ1) is 32.8. The number of aromatic hydroxyl groups is 1. The molecule has 17 nitrogen and oxygen atoms in total. The van der Waals surface area contributed by atoms with E-state index in [4.69, 9.17) is 16.4 Å². The fourth-order valence-corrected chi connectivity index (χ4v) is 9.46. The normalized spacial score (nSPS) is 19.8. The van der Waals surface area contributed by atoms with Crippen molar-refractivity contribution in [3.8, 4) is 40.5 Å². The highest BCUT2D eigenvalue weighted by Crippen LogP contribution is 2.36. The Morgan fingerprint density at radius 3 is 2.31 bits per heavy atom. The summed E-state index contributed by atoms with van der Waals surface area (Å²) in [7, 11) is 0. The maximum Gasteiger partial charge on any atom is 0.318 e. The quantitative estimate of drug-likeness (QED) is 0.127.